The monoisotopic (exact) mass is 349 g/mol. The third kappa shape index (κ3) is 3.13. The van der Waals surface area contributed by atoms with Gasteiger partial charge in [-0.25, -0.2) is 9.50 Å². The van der Waals surface area contributed by atoms with Crippen molar-refractivity contribution in [2.75, 3.05) is 7.05 Å². The van der Waals surface area contributed by atoms with E-state index in [0.717, 1.165) is 11.3 Å². The van der Waals surface area contributed by atoms with Gasteiger partial charge in [0.1, 0.15) is 0 Å². The fourth-order valence-electron chi connectivity index (χ4n) is 2.15. The molecule has 1 amide bonds. The maximum atomic E-state index is 12.5. The van der Waals surface area contributed by atoms with Gasteiger partial charge in [-0.15, -0.1) is 5.10 Å². The van der Waals surface area contributed by atoms with E-state index in [2.05, 4.69) is 15.1 Å². The highest BCUT2D eigenvalue weighted by atomic mass is 35.5. The summed E-state index contributed by atoms with van der Waals surface area (Å²) in [5, 5.41) is 5.15. The van der Waals surface area contributed by atoms with Crippen LogP contribution in [0.15, 0.2) is 30.5 Å². The number of carbonyl (C=O) groups excluding carboxylic acids is 1. The summed E-state index contributed by atoms with van der Waals surface area (Å²) in [6.45, 7) is 2.24. The molecule has 3 aromatic rings. The zero-order chi connectivity index (χ0) is 16.6. The lowest BCUT2D eigenvalue weighted by Gasteiger charge is -2.15. The molecule has 2 aromatic heterocycles. The molecule has 0 radical (unpaired) electrons. The zero-order valence-electron chi connectivity index (χ0n) is 12.5. The number of carbonyl (C=O) groups is 1. The van der Waals surface area contributed by atoms with E-state index >= 15 is 0 Å². The van der Waals surface area contributed by atoms with Crippen LogP contribution in [0.3, 0.4) is 0 Å². The lowest BCUT2D eigenvalue weighted by atomic mass is 10.2. The standard InChI is InChI=1S/C15H13Cl2N5O/c1-9-5-6-18-15-19-13(20-22(9)15)14(23)21(2)8-10-3-4-11(16)12(17)7-10/h3-7H,8H2,1-2H3. The van der Waals surface area contributed by atoms with Gasteiger partial charge in [-0.2, -0.15) is 4.98 Å². The van der Waals surface area contributed by atoms with Crippen LogP contribution in [0.5, 0.6) is 0 Å². The molecule has 118 valence electrons. The average molecular weight is 350 g/mol. The van der Waals surface area contributed by atoms with E-state index in [0.29, 0.717) is 22.4 Å². The van der Waals surface area contributed by atoms with Crippen LogP contribution in [-0.2, 0) is 6.54 Å². The van der Waals surface area contributed by atoms with Crippen LogP contribution in [0.2, 0.25) is 10.0 Å². The number of aryl methyl sites for hydroxylation is 1. The maximum Gasteiger partial charge on any atom is 0.293 e. The van der Waals surface area contributed by atoms with Gasteiger partial charge in [0.05, 0.1) is 10.0 Å². The van der Waals surface area contributed by atoms with Crippen LogP contribution in [0.4, 0.5) is 0 Å². The van der Waals surface area contributed by atoms with Gasteiger partial charge in [0.25, 0.3) is 11.7 Å². The first-order chi connectivity index (χ1) is 11.0. The molecule has 3 rings (SSSR count). The molecule has 0 fully saturated rings. The number of amides is 1. The normalized spacial score (nSPS) is 11.0. The van der Waals surface area contributed by atoms with Crippen molar-refractivity contribution in [1.29, 1.82) is 0 Å². The Balaban J connectivity index is 1.83. The van der Waals surface area contributed by atoms with E-state index in [1.807, 2.05) is 13.0 Å². The number of rotatable bonds is 3. The molecule has 0 aliphatic rings. The quantitative estimate of drug-likeness (QED) is 0.729. The number of hydrogen-bond acceptors (Lipinski definition) is 4. The smallest absolute Gasteiger partial charge is 0.293 e. The Bertz CT molecular complexity index is 893. The summed E-state index contributed by atoms with van der Waals surface area (Å²) in [6, 6.07) is 7.06. The van der Waals surface area contributed by atoms with Crippen molar-refractivity contribution in [1.82, 2.24) is 24.5 Å². The number of halogens is 2. The van der Waals surface area contributed by atoms with Crippen molar-refractivity contribution < 1.29 is 4.79 Å². The third-order valence-corrected chi connectivity index (χ3v) is 4.11. The van der Waals surface area contributed by atoms with Crippen molar-refractivity contribution in [3.05, 3.63) is 57.6 Å². The van der Waals surface area contributed by atoms with Gasteiger partial charge in [-0.05, 0) is 30.7 Å². The van der Waals surface area contributed by atoms with Crippen molar-refractivity contribution in [3.8, 4) is 0 Å². The summed E-state index contributed by atoms with van der Waals surface area (Å²) >= 11 is 11.9. The highest BCUT2D eigenvalue weighted by Gasteiger charge is 2.19. The molecule has 0 spiro atoms. The molecule has 0 aliphatic heterocycles. The SMILES string of the molecule is Cc1ccnc2nc(C(=O)N(C)Cc3ccc(Cl)c(Cl)c3)nn12. The second kappa shape index (κ2) is 6.14. The summed E-state index contributed by atoms with van der Waals surface area (Å²) in [7, 11) is 1.68. The van der Waals surface area contributed by atoms with Gasteiger partial charge in [-0.3, -0.25) is 4.79 Å². The van der Waals surface area contributed by atoms with Crippen LogP contribution >= 0.6 is 23.2 Å². The van der Waals surface area contributed by atoms with E-state index < -0.39 is 0 Å². The van der Waals surface area contributed by atoms with Crippen LogP contribution in [0, 0.1) is 6.92 Å². The number of nitrogens with zero attached hydrogens (tertiary/aromatic N) is 5. The fourth-order valence-corrected chi connectivity index (χ4v) is 2.47. The molecule has 0 saturated carbocycles. The van der Waals surface area contributed by atoms with Gasteiger partial charge in [0, 0.05) is 25.5 Å². The van der Waals surface area contributed by atoms with Gasteiger partial charge in [0.2, 0.25) is 5.82 Å². The maximum absolute atomic E-state index is 12.5. The molecule has 6 nitrogen and oxygen atoms in total. The van der Waals surface area contributed by atoms with Crippen LogP contribution in [0.1, 0.15) is 21.9 Å². The molecular weight excluding hydrogens is 337 g/mol. The van der Waals surface area contributed by atoms with Crippen LogP contribution in [-0.4, -0.2) is 37.4 Å². The highest BCUT2D eigenvalue weighted by molar-refractivity contribution is 6.42. The summed E-state index contributed by atoms with van der Waals surface area (Å²) in [5.74, 6) is 0.214. The van der Waals surface area contributed by atoms with Crippen LogP contribution in [0.25, 0.3) is 5.78 Å². The first-order valence-corrected chi connectivity index (χ1v) is 7.59. The topological polar surface area (TPSA) is 63.4 Å². The molecule has 0 saturated heterocycles. The minimum absolute atomic E-state index is 0.106. The lowest BCUT2D eigenvalue weighted by molar-refractivity contribution is 0.0773. The molecule has 0 aliphatic carbocycles. The Morgan fingerprint density at radius 2 is 2.04 bits per heavy atom. The van der Waals surface area contributed by atoms with Gasteiger partial charge in [-0.1, -0.05) is 29.3 Å². The summed E-state index contributed by atoms with van der Waals surface area (Å²) in [4.78, 5) is 22.3. The predicted octanol–water partition coefficient (Wildman–Crippen LogP) is 3.01. The van der Waals surface area contributed by atoms with Gasteiger partial charge < -0.3 is 4.90 Å². The van der Waals surface area contributed by atoms with Crippen molar-refractivity contribution in [2.45, 2.75) is 13.5 Å². The first kappa shape index (κ1) is 15.7. The first-order valence-electron chi connectivity index (χ1n) is 6.83. The largest absolute Gasteiger partial charge is 0.335 e. The van der Waals surface area contributed by atoms with Crippen LogP contribution < -0.4 is 0 Å². The van der Waals surface area contributed by atoms with E-state index in [9.17, 15) is 4.79 Å². The number of hydrogen-bond donors (Lipinski definition) is 0. The number of benzene rings is 1. The summed E-state index contributed by atoms with van der Waals surface area (Å²) in [5.41, 5.74) is 1.72. The third-order valence-electron chi connectivity index (χ3n) is 3.37. The van der Waals surface area contributed by atoms with Gasteiger partial charge in [0.15, 0.2) is 0 Å². The van der Waals surface area contributed by atoms with E-state index in [-0.39, 0.29) is 11.7 Å². The van der Waals surface area contributed by atoms with E-state index in [1.165, 1.54) is 4.90 Å². The Labute approximate surface area is 142 Å². The lowest BCUT2D eigenvalue weighted by Crippen LogP contribution is -2.27. The predicted molar refractivity (Wildman–Crippen MR) is 87.8 cm³/mol. The van der Waals surface area contributed by atoms with Crippen molar-refractivity contribution in [2.24, 2.45) is 0 Å². The summed E-state index contributed by atoms with van der Waals surface area (Å²) in [6.07, 6.45) is 1.63. The Hall–Kier alpha value is -2.18. The fraction of sp³-hybridized carbons (Fsp3) is 0.200. The van der Waals surface area contributed by atoms with Crippen molar-refractivity contribution >= 4 is 34.9 Å². The Morgan fingerprint density at radius 3 is 2.74 bits per heavy atom. The minimum Gasteiger partial charge on any atom is -0.335 e. The Kier molecular flexibility index (Phi) is 4.19. The van der Waals surface area contributed by atoms with E-state index in [4.69, 9.17) is 23.2 Å². The molecule has 0 unspecified atom stereocenters. The Morgan fingerprint density at radius 1 is 1.26 bits per heavy atom. The molecule has 2 heterocycles. The molecule has 0 bridgehead atoms. The molecule has 0 N–H and O–H groups in total. The molecule has 0 atom stereocenters. The molecule has 23 heavy (non-hydrogen) atoms. The van der Waals surface area contributed by atoms with Gasteiger partial charge >= 0.3 is 0 Å². The highest BCUT2D eigenvalue weighted by Crippen LogP contribution is 2.23. The van der Waals surface area contributed by atoms with Crippen molar-refractivity contribution in [3.63, 3.8) is 0 Å². The molecule has 1 aromatic carbocycles. The second-order valence-electron chi connectivity index (χ2n) is 5.14. The molecule has 8 heteroatoms. The average Bonchev–Trinajstić information content (AvgIpc) is 2.95. The zero-order valence-corrected chi connectivity index (χ0v) is 14.0. The second-order valence-corrected chi connectivity index (χ2v) is 5.96. The minimum atomic E-state index is -0.291. The number of fused-ring (bicyclic) bond motifs is 1. The van der Waals surface area contributed by atoms with E-state index in [1.54, 1.807) is 36.0 Å². The summed E-state index contributed by atoms with van der Waals surface area (Å²) < 4.78 is 1.54. The molecular formula is C15H13Cl2N5O. The number of aromatic nitrogens is 4.